The van der Waals surface area contributed by atoms with Gasteiger partial charge in [-0.15, -0.1) is 0 Å². The third kappa shape index (κ3) is 6.55. The molecule has 0 radical (unpaired) electrons. The summed E-state index contributed by atoms with van der Waals surface area (Å²) in [6.07, 6.45) is 0.364. The Morgan fingerprint density at radius 3 is 2.00 bits per heavy atom. The summed E-state index contributed by atoms with van der Waals surface area (Å²) in [5.41, 5.74) is 1.61. The van der Waals surface area contributed by atoms with E-state index in [1.807, 2.05) is 43.0 Å². The molecule has 0 saturated heterocycles. The average molecular weight is 386 g/mol. The smallest absolute Gasteiger partial charge is 0.224 e. The fourth-order valence-corrected chi connectivity index (χ4v) is 3.09. The molecule has 2 aromatic carbocycles. The fourth-order valence-electron chi connectivity index (χ4n) is 3.09. The van der Waals surface area contributed by atoms with Crippen molar-refractivity contribution in [3.05, 3.63) is 59.7 Å². The lowest BCUT2D eigenvalue weighted by molar-refractivity contribution is -0.131. The molecule has 4 N–H and O–H groups in total. The van der Waals surface area contributed by atoms with Crippen LogP contribution in [0.3, 0.4) is 0 Å². The molecule has 0 spiro atoms. The van der Waals surface area contributed by atoms with Crippen LogP contribution in [0.15, 0.2) is 48.5 Å². The Hall–Kier alpha value is -2.57. The molecule has 1 atom stereocenters. The molecule has 0 aliphatic heterocycles. The Morgan fingerprint density at radius 2 is 1.46 bits per heavy atom. The van der Waals surface area contributed by atoms with Crippen molar-refractivity contribution in [3.63, 3.8) is 0 Å². The molecule has 0 saturated carbocycles. The Kier molecular flexibility index (Phi) is 8.78. The second-order valence-electron chi connectivity index (χ2n) is 6.74. The van der Waals surface area contributed by atoms with E-state index in [0.29, 0.717) is 39.1 Å². The van der Waals surface area contributed by atoms with Crippen molar-refractivity contribution in [2.24, 2.45) is 0 Å². The van der Waals surface area contributed by atoms with Crippen LogP contribution in [0.2, 0.25) is 0 Å². The minimum atomic E-state index is -0.0986. The lowest BCUT2D eigenvalue weighted by Crippen LogP contribution is -2.43. The molecule has 1 unspecified atom stereocenters. The fraction of sp³-hybridized carbons (Fsp3) is 0.409. The number of carbonyl (C=O) groups is 1. The van der Waals surface area contributed by atoms with E-state index in [9.17, 15) is 15.0 Å². The number of hydrogen-bond donors (Lipinski definition) is 4. The summed E-state index contributed by atoms with van der Waals surface area (Å²) in [5.74, 6) is 0.600. The largest absolute Gasteiger partial charge is 0.508 e. The van der Waals surface area contributed by atoms with Gasteiger partial charge in [-0.2, -0.15) is 0 Å². The molecule has 1 amide bonds. The van der Waals surface area contributed by atoms with E-state index in [2.05, 4.69) is 10.6 Å². The summed E-state index contributed by atoms with van der Waals surface area (Å²) in [6.45, 7) is 6.88. The minimum Gasteiger partial charge on any atom is -0.508 e. The average Bonchev–Trinajstić information content (AvgIpc) is 2.69. The number of phenolic OH excluding ortho intramolecular Hbond substituents is 2. The lowest BCUT2D eigenvalue weighted by Gasteiger charge is -2.24. The highest BCUT2D eigenvalue weighted by molar-refractivity contribution is 5.76. The molecule has 0 aliphatic rings. The van der Waals surface area contributed by atoms with Crippen LogP contribution in [0.25, 0.3) is 0 Å². The second kappa shape index (κ2) is 11.3. The van der Waals surface area contributed by atoms with Gasteiger partial charge in [0.05, 0.1) is 0 Å². The quantitative estimate of drug-likeness (QED) is 0.478. The van der Waals surface area contributed by atoms with Crippen LogP contribution in [-0.2, 0) is 17.9 Å². The zero-order chi connectivity index (χ0) is 20.4. The zero-order valence-electron chi connectivity index (χ0n) is 16.7. The molecular weight excluding hydrogens is 354 g/mol. The Bertz CT molecular complexity index is 747. The van der Waals surface area contributed by atoms with Crippen molar-refractivity contribution >= 4 is 5.91 Å². The number of carbonyl (C=O) groups excluding carboxylic acids is 1. The Balaban J connectivity index is 1.97. The van der Waals surface area contributed by atoms with E-state index in [0.717, 1.165) is 11.1 Å². The summed E-state index contributed by atoms with van der Waals surface area (Å²) in [6, 6.07) is 14.3. The number of phenols is 2. The first kappa shape index (κ1) is 21.7. The van der Waals surface area contributed by atoms with E-state index in [4.69, 9.17) is 0 Å². The zero-order valence-corrected chi connectivity index (χ0v) is 16.7. The number of hydrogen-bond acceptors (Lipinski definition) is 5. The van der Waals surface area contributed by atoms with Crippen LogP contribution in [0.1, 0.15) is 31.4 Å². The molecule has 6 heteroatoms. The van der Waals surface area contributed by atoms with E-state index in [1.165, 1.54) is 0 Å². The minimum absolute atomic E-state index is 0.0986. The molecule has 6 nitrogen and oxygen atoms in total. The van der Waals surface area contributed by atoms with Crippen molar-refractivity contribution in [1.82, 2.24) is 15.5 Å². The number of rotatable bonds is 11. The van der Waals surface area contributed by atoms with Gasteiger partial charge in [-0.25, -0.2) is 0 Å². The van der Waals surface area contributed by atoms with E-state index >= 15 is 0 Å². The first-order valence-corrected chi connectivity index (χ1v) is 9.80. The van der Waals surface area contributed by atoms with E-state index in [1.54, 1.807) is 24.3 Å². The third-order valence-electron chi connectivity index (χ3n) is 4.81. The van der Waals surface area contributed by atoms with Crippen molar-refractivity contribution < 1.29 is 15.0 Å². The summed E-state index contributed by atoms with van der Waals surface area (Å²) >= 11 is 0. The molecule has 0 heterocycles. The molecule has 2 aromatic rings. The van der Waals surface area contributed by atoms with Gasteiger partial charge in [-0.3, -0.25) is 4.79 Å². The van der Waals surface area contributed by atoms with Gasteiger partial charge in [0.25, 0.3) is 0 Å². The summed E-state index contributed by atoms with van der Waals surface area (Å²) in [5, 5.41) is 26.6. The van der Waals surface area contributed by atoms with Gasteiger partial charge in [-0.05, 0) is 26.0 Å². The molecular formula is C22H31N3O3. The molecule has 2 rings (SSSR count). The maximum absolute atomic E-state index is 12.6. The molecule has 0 aromatic heterocycles. The number of aromatic hydroxyl groups is 2. The number of benzene rings is 2. The van der Waals surface area contributed by atoms with Gasteiger partial charge < -0.3 is 25.7 Å². The van der Waals surface area contributed by atoms with Crippen LogP contribution >= 0.6 is 0 Å². The van der Waals surface area contributed by atoms with Crippen molar-refractivity contribution in [2.75, 3.05) is 19.6 Å². The Labute approximate surface area is 167 Å². The maximum atomic E-state index is 12.6. The van der Waals surface area contributed by atoms with Crippen LogP contribution in [0.5, 0.6) is 11.5 Å². The molecule has 28 heavy (non-hydrogen) atoms. The third-order valence-corrected chi connectivity index (χ3v) is 4.81. The van der Waals surface area contributed by atoms with Crippen molar-refractivity contribution in [1.29, 1.82) is 0 Å². The van der Waals surface area contributed by atoms with Crippen molar-refractivity contribution in [3.8, 4) is 11.5 Å². The van der Waals surface area contributed by atoms with Gasteiger partial charge in [-0.1, -0.05) is 36.4 Å². The SMILES string of the molecule is CCN(CC)C(=O)CC(CNCc1ccccc1O)NCc1ccccc1O. The maximum Gasteiger partial charge on any atom is 0.224 e. The van der Waals surface area contributed by atoms with Crippen LogP contribution < -0.4 is 10.6 Å². The first-order valence-electron chi connectivity index (χ1n) is 9.80. The number of nitrogens with zero attached hydrogens (tertiary/aromatic N) is 1. The molecule has 152 valence electrons. The normalized spacial score (nSPS) is 11.9. The van der Waals surface area contributed by atoms with Crippen LogP contribution in [-0.4, -0.2) is 46.7 Å². The highest BCUT2D eigenvalue weighted by atomic mass is 16.3. The second-order valence-corrected chi connectivity index (χ2v) is 6.74. The van der Waals surface area contributed by atoms with Gasteiger partial charge in [0.15, 0.2) is 0 Å². The number of para-hydroxylation sites is 2. The Morgan fingerprint density at radius 1 is 0.929 bits per heavy atom. The number of amides is 1. The highest BCUT2D eigenvalue weighted by Gasteiger charge is 2.17. The molecule has 0 aliphatic carbocycles. The van der Waals surface area contributed by atoms with Crippen LogP contribution in [0.4, 0.5) is 0 Å². The monoisotopic (exact) mass is 385 g/mol. The van der Waals surface area contributed by atoms with Gasteiger partial charge in [0, 0.05) is 56.3 Å². The summed E-state index contributed by atoms with van der Waals surface area (Å²) in [7, 11) is 0. The van der Waals surface area contributed by atoms with Crippen molar-refractivity contribution in [2.45, 2.75) is 39.4 Å². The lowest BCUT2D eigenvalue weighted by atomic mass is 10.1. The van der Waals surface area contributed by atoms with Gasteiger partial charge >= 0.3 is 0 Å². The summed E-state index contributed by atoms with van der Waals surface area (Å²) in [4.78, 5) is 14.4. The molecule has 0 bridgehead atoms. The first-order chi connectivity index (χ1) is 13.5. The van der Waals surface area contributed by atoms with Gasteiger partial charge in [0.2, 0.25) is 5.91 Å². The predicted molar refractivity (Wildman–Crippen MR) is 111 cm³/mol. The molecule has 0 fully saturated rings. The van der Waals surface area contributed by atoms with Gasteiger partial charge in [0.1, 0.15) is 11.5 Å². The van der Waals surface area contributed by atoms with E-state index < -0.39 is 0 Å². The standard InChI is InChI=1S/C22H31N3O3/c1-3-25(4-2)22(28)13-19(24-15-18-10-6-8-12-21(18)27)16-23-14-17-9-5-7-11-20(17)26/h5-12,19,23-24,26-27H,3-4,13-16H2,1-2H3. The van der Waals surface area contributed by atoms with E-state index in [-0.39, 0.29) is 23.4 Å². The highest BCUT2D eigenvalue weighted by Crippen LogP contribution is 2.16. The number of nitrogens with one attached hydrogen (secondary N) is 2. The topological polar surface area (TPSA) is 84.8 Å². The predicted octanol–water partition coefficient (Wildman–Crippen LogP) is 2.60. The van der Waals surface area contributed by atoms with Crippen LogP contribution in [0, 0.1) is 0 Å². The summed E-state index contributed by atoms with van der Waals surface area (Å²) < 4.78 is 0.